The third kappa shape index (κ3) is 4.82. The molecule has 0 aliphatic carbocycles. The average molecular weight is 445 g/mol. The Bertz CT molecular complexity index is 1280. The Morgan fingerprint density at radius 3 is 2.52 bits per heavy atom. The van der Waals surface area contributed by atoms with Crippen LogP contribution in [-0.2, 0) is 11.2 Å². The van der Waals surface area contributed by atoms with Crippen LogP contribution in [0.3, 0.4) is 0 Å². The van der Waals surface area contributed by atoms with Gasteiger partial charge in [-0.25, -0.2) is 4.68 Å². The number of ether oxygens (including phenoxy) is 2. The topological polar surface area (TPSA) is 78.3 Å². The molecule has 0 atom stereocenters. The number of carbonyl (C=O) groups is 1. The highest BCUT2D eigenvalue weighted by molar-refractivity contribution is 5.93. The first-order valence-electron chi connectivity index (χ1n) is 11.1. The number of amides is 1. The van der Waals surface area contributed by atoms with Crippen molar-refractivity contribution < 1.29 is 14.3 Å². The van der Waals surface area contributed by atoms with Crippen molar-refractivity contribution in [3.05, 3.63) is 71.4 Å². The van der Waals surface area contributed by atoms with Crippen LogP contribution >= 0.6 is 0 Å². The number of nitrogens with one attached hydrogen (secondary N) is 1. The van der Waals surface area contributed by atoms with Crippen LogP contribution in [0.15, 0.2) is 54.6 Å². The lowest BCUT2D eigenvalue weighted by Crippen LogP contribution is -2.21. The van der Waals surface area contributed by atoms with Crippen LogP contribution in [0.2, 0.25) is 0 Å². The van der Waals surface area contributed by atoms with E-state index in [4.69, 9.17) is 19.6 Å². The second-order valence-corrected chi connectivity index (χ2v) is 7.77. The van der Waals surface area contributed by atoms with Crippen molar-refractivity contribution in [3.8, 4) is 17.3 Å². The van der Waals surface area contributed by atoms with E-state index in [0.717, 1.165) is 28.8 Å². The molecule has 0 radical (unpaired) electrons. The molecule has 33 heavy (non-hydrogen) atoms. The van der Waals surface area contributed by atoms with Crippen LogP contribution in [0.4, 0.5) is 5.69 Å². The average Bonchev–Trinajstić information content (AvgIpc) is 3.15. The Morgan fingerprint density at radius 2 is 1.79 bits per heavy atom. The first kappa shape index (κ1) is 22.3. The molecule has 2 aromatic heterocycles. The number of pyridine rings is 1. The summed E-state index contributed by atoms with van der Waals surface area (Å²) in [6.45, 7) is 8.36. The van der Waals surface area contributed by atoms with Gasteiger partial charge in [-0.2, -0.15) is 10.1 Å². The van der Waals surface area contributed by atoms with Crippen molar-refractivity contribution in [1.29, 1.82) is 0 Å². The predicted octanol–water partition coefficient (Wildman–Crippen LogP) is 5.02. The number of para-hydroxylation sites is 2. The van der Waals surface area contributed by atoms with Crippen molar-refractivity contribution in [2.45, 2.75) is 34.1 Å². The van der Waals surface area contributed by atoms with Gasteiger partial charge >= 0.3 is 0 Å². The monoisotopic (exact) mass is 444 g/mol. The van der Waals surface area contributed by atoms with E-state index in [0.29, 0.717) is 29.6 Å². The minimum Gasteiger partial charge on any atom is -0.492 e. The molecule has 1 amide bonds. The Hall–Kier alpha value is -3.87. The molecule has 0 unspecified atom stereocenters. The van der Waals surface area contributed by atoms with Gasteiger partial charge in [0, 0.05) is 11.5 Å². The quantitative estimate of drug-likeness (QED) is 0.413. The number of benzene rings is 2. The number of aromatic nitrogens is 3. The molecule has 0 saturated heterocycles. The van der Waals surface area contributed by atoms with E-state index >= 15 is 0 Å². The number of hydrogen-bond acceptors (Lipinski definition) is 5. The van der Waals surface area contributed by atoms with Gasteiger partial charge in [-0.3, -0.25) is 4.79 Å². The first-order valence-corrected chi connectivity index (χ1v) is 11.1. The van der Waals surface area contributed by atoms with Crippen LogP contribution in [0, 0.1) is 13.8 Å². The second kappa shape index (κ2) is 9.73. The standard InChI is InChI=1S/C26H28N4O3/c1-5-19-15-24(33-16-23(31)27-21-9-7-8-10-22(21)32-6-2)28-26-25(19)18(4)29-30(26)20-13-11-17(3)12-14-20/h7-15H,5-6,16H2,1-4H3,(H,27,31). The summed E-state index contributed by atoms with van der Waals surface area (Å²) < 4.78 is 13.2. The van der Waals surface area contributed by atoms with Crippen LogP contribution in [-0.4, -0.2) is 33.9 Å². The fourth-order valence-electron chi connectivity index (χ4n) is 3.75. The lowest BCUT2D eigenvalue weighted by Gasteiger charge is -2.12. The van der Waals surface area contributed by atoms with Crippen molar-refractivity contribution >= 4 is 22.6 Å². The predicted molar refractivity (Wildman–Crippen MR) is 129 cm³/mol. The molecule has 0 bridgehead atoms. The highest BCUT2D eigenvalue weighted by Crippen LogP contribution is 2.28. The molecule has 0 saturated carbocycles. The molecule has 2 aromatic carbocycles. The van der Waals surface area contributed by atoms with E-state index in [1.54, 1.807) is 6.07 Å². The number of carbonyl (C=O) groups excluding carboxylic acids is 1. The van der Waals surface area contributed by atoms with E-state index in [2.05, 4.69) is 12.2 Å². The number of rotatable bonds is 8. The largest absolute Gasteiger partial charge is 0.492 e. The SMILES string of the molecule is CCOc1ccccc1NC(=O)COc1cc(CC)c2c(C)nn(-c3ccc(C)cc3)c2n1. The molecule has 7 heteroatoms. The summed E-state index contributed by atoms with van der Waals surface area (Å²) in [5, 5.41) is 8.58. The van der Waals surface area contributed by atoms with Gasteiger partial charge < -0.3 is 14.8 Å². The molecule has 1 N–H and O–H groups in total. The molecular weight excluding hydrogens is 416 g/mol. The van der Waals surface area contributed by atoms with E-state index in [9.17, 15) is 4.79 Å². The van der Waals surface area contributed by atoms with E-state index in [1.807, 2.05) is 74.0 Å². The molecule has 0 fully saturated rings. The fraction of sp³-hybridized carbons (Fsp3) is 0.269. The van der Waals surface area contributed by atoms with Crippen molar-refractivity contribution in [2.75, 3.05) is 18.5 Å². The maximum Gasteiger partial charge on any atom is 0.262 e. The smallest absolute Gasteiger partial charge is 0.262 e. The van der Waals surface area contributed by atoms with Crippen molar-refractivity contribution in [2.24, 2.45) is 0 Å². The zero-order valence-corrected chi connectivity index (χ0v) is 19.4. The Morgan fingerprint density at radius 1 is 1.03 bits per heavy atom. The Kier molecular flexibility index (Phi) is 6.58. The van der Waals surface area contributed by atoms with Gasteiger partial charge in [-0.15, -0.1) is 0 Å². The van der Waals surface area contributed by atoms with Crippen LogP contribution < -0.4 is 14.8 Å². The summed E-state index contributed by atoms with van der Waals surface area (Å²) in [6.07, 6.45) is 0.795. The highest BCUT2D eigenvalue weighted by atomic mass is 16.5. The summed E-state index contributed by atoms with van der Waals surface area (Å²) in [6, 6.07) is 17.3. The van der Waals surface area contributed by atoms with E-state index in [1.165, 1.54) is 5.56 Å². The number of nitrogens with zero attached hydrogens (tertiary/aromatic N) is 3. The summed E-state index contributed by atoms with van der Waals surface area (Å²) in [7, 11) is 0. The molecule has 7 nitrogen and oxygen atoms in total. The van der Waals surface area contributed by atoms with Gasteiger partial charge in [0.25, 0.3) is 5.91 Å². The maximum absolute atomic E-state index is 12.5. The van der Waals surface area contributed by atoms with E-state index < -0.39 is 0 Å². The molecule has 170 valence electrons. The third-order valence-corrected chi connectivity index (χ3v) is 5.34. The van der Waals surface area contributed by atoms with Gasteiger partial charge in [0.05, 0.1) is 23.7 Å². The Balaban J connectivity index is 1.59. The normalized spacial score (nSPS) is 10.9. The summed E-state index contributed by atoms with van der Waals surface area (Å²) in [4.78, 5) is 17.3. The summed E-state index contributed by atoms with van der Waals surface area (Å²) >= 11 is 0. The number of fused-ring (bicyclic) bond motifs is 1. The molecule has 4 rings (SSSR count). The van der Waals surface area contributed by atoms with Gasteiger partial charge in [0.15, 0.2) is 12.3 Å². The second-order valence-electron chi connectivity index (χ2n) is 7.77. The molecule has 4 aromatic rings. The molecule has 0 aliphatic heterocycles. The van der Waals surface area contributed by atoms with Gasteiger partial charge in [0.2, 0.25) is 5.88 Å². The van der Waals surface area contributed by atoms with Crippen LogP contribution in [0.25, 0.3) is 16.7 Å². The van der Waals surface area contributed by atoms with Gasteiger partial charge in [0.1, 0.15) is 5.75 Å². The molecule has 2 heterocycles. The maximum atomic E-state index is 12.5. The minimum absolute atomic E-state index is 0.167. The van der Waals surface area contributed by atoms with Crippen molar-refractivity contribution in [1.82, 2.24) is 14.8 Å². The fourth-order valence-corrected chi connectivity index (χ4v) is 3.75. The van der Waals surface area contributed by atoms with Gasteiger partial charge in [-0.1, -0.05) is 36.8 Å². The Labute approximate surface area is 193 Å². The van der Waals surface area contributed by atoms with Gasteiger partial charge in [-0.05, 0) is 57.0 Å². The lowest BCUT2D eigenvalue weighted by molar-refractivity contribution is -0.118. The number of anilines is 1. The molecule has 0 spiro atoms. The zero-order valence-electron chi connectivity index (χ0n) is 19.4. The minimum atomic E-state index is -0.287. The molecular formula is C26H28N4O3. The highest BCUT2D eigenvalue weighted by Gasteiger charge is 2.17. The zero-order chi connectivity index (χ0) is 23.4. The summed E-state index contributed by atoms with van der Waals surface area (Å²) in [5.41, 5.74) is 5.41. The van der Waals surface area contributed by atoms with E-state index in [-0.39, 0.29) is 12.5 Å². The van der Waals surface area contributed by atoms with Crippen LogP contribution in [0.1, 0.15) is 30.7 Å². The lowest BCUT2D eigenvalue weighted by atomic mass is 10.1. The van der Waals surface area contributed by atoms with Crippen LogP contribution in [0.5, 0.6) is 11.6 Å². The van der Waals surface area contributed by atoms with Crippen molar-refractivity contribution in [3.63, 3.8) is 0 Å². The molecule has 0 aliphatic rings. The first-order chi connectivity index (χ1) is 16.0. The number of hydrogen-bond donors (Lipinski definition) is 1. The number of aryl methyl sites for hydroxylation is 3. The summed E-state index contributed by atoms with van der Waals surface area (Å²) in [5.74, 6) is 0.727. The third-order valence-electron chi connectivity index (χ3n) is 5.34.